The van der Waals surface area contributed by atoms with Gasteiger partial charge in [0.05, 0.1) is 6.20 Å². The molecule has 4 aromatic rings. The SMILES string of the molecule is CN(C)c1cccc(Sc2cnc3c(c2)c(-c2cn[nH]c2)cn3C)c1. The molecule has 25 heavy (non-hydrogen) atoms. The van der Waals surface area contributed by atoms with Crippen LogP contribution >= 0.6 is 11.8 Å². The third-order valence-corrected chi connectivity index (χ3v) is 5.12. The van der Waals surface area contributed by atoms with Crippen LogP contribution in [0.2, 0.25) is 0 Å². The maximum Gasteiger partial charge on any atom is 0.140 e. The van der Waals surface area contributed by atoms with Crippen molar-refractivity contribution in [3.05, 3.63) is 55.1 Å². The average Bonchev–Trinajstić information content (AvgIpc) is 3.23. The van der Waals surface area contributed by atoms with Crippen molar-refractivity contribution in [3.63, 3.8) is 0 Å². The van der Waals surface area contributed by atoms with E-state index in [2.05, 4.69) is 75.3 Å². The summed E-state index contributed by atoms with van der Waals surface area (Å²) < 4.78 is 2.05. The molecule has 0 radical (unpaired) electrons. The van der Waals surface area contributed by atoms with Crippen molar-refractivity contribution in [3.8, 4) is 11.1 Å². The van der Waals surface area contributed by atoms with Crippen molar-refractivity contribution in [2.45, 2.75) is 9.79 Å². The predicted molar refractivity (Wildman–Crippen MR) is 103 cm³/mol. The van der Waals surface area contributed by atoms with Crippen molar-refractivity contribution in [1.82, 2.24) is 19.7 Å². The van der Waals surface area contributed by atoms with Gasteiger partial charge in [0.25, 0.3) is 0 Å². The number of aryl methyl sites for hydroxylation is 1. The van der Waals surface area contributed by atoms with Crippen LogP contribution in [0.5, 0.6) is 0 Å². The molecular weight excluding hydrogens is 330 g/mol. The van der Waals surface area contributed by atoms with E-state index in [9.17, 15) is 0 Å². The molecule has 0 saturated heterocycles. The van der Waals surface area contributed by atoms with Crippen LogP contribution in [0.4, 0.5) is 5.69 Å². The van der Waals surface area contributed by atoms with Crippen LogP contribution in [0.3, 0.4) is 0 Å². The molecule has 3 heterocycles. The monoisotopic (exact) mass is 349 g/mol. The van der Waals surface area contributed by atoms with E-state index >= 15 is 0 Å². The molecule has 5 nitrogen and oxygen atoms in total. The predicted octanol–water partition coefficient (Wildman–Crippen LogP) is 4.18. The molecule has 3 aromatic heterocycles. The van der Waals surface area contributed by atoms with Crippen LogP contribution in [-0.4, -0.2) is 33.8 Å². The van der Waals surface area contributed by atoms with Crippen LogP contribution in [0.15, 0.2) is 64.9 Å². The lowest BCUT2D eigenvalue weighted by Gasteiger charge is -2.13. The largest absolute Gasteiger partial charge is 0.378 e. The lowest BCUT2D eigenvalue weighted by Crippen LogP contribution is -2.08. The van der Waals surface area contributed by atoms with Gasteiger partial charge in [-0.25, -0.2) is 4.98 Å². The van der Waals surface area contributed by atoms with Gasteiger partial charge in [0.15, 0.2) is 0 Å². The van der Waals surface area contributed by atoms with Crippen LogP contribution < -0.4 is 4.90 Å². The summed E-state index contributed by atoms with van der Waals surface area (Å²) in [7, 11) is 6.13. The van der Waals surface area contributed by atoms with Crippen molar-refractivity contribution in [2.24, 2.45) is 7.05 Å². The third-order valence-electron chi connectivity index (χ3n) is 4.17. The number of H-pyrrole nitrogens is 1. The number of anilines is 1. The Morgan fingerprint density at radius 2 is 2.00 bits per heavy atom. The van der Waals surface area contributed by atoms with Gasteiger partial charge >= 0.3 is 0 Å². The Hall–Kier alpha value is -2.73. The van der Waals surface area contributed by atoms with Gasteiger partial charge in [-0.3, -0.25) is 5.10 Å². The summed E-state index contributed by atoms with van der Waals surface area (Å²) in [5.41, 5.74) is 4.38. The normalized spacial score (nSPS) is 11.2. The minimum Gasteiger partial charge on any atom is -0.378 e. The van der Waals surface area contributed by atoms with Gasteiger partial charge in [-0.15, -0.1) is 0 Å². The van der Waals surface area contributed by atoms with Gasteiger partial charge in [0.1, 0.15) is 5.65 Å². The Bertz CT molecular complexity index is 1020. The summed E-state index contributed by atoms with van der Waals surface area (Å²) in [6, 6.07) is 10.7. The highest BCUT2D eigenvalue weighted by atomic mass is 32.2. The number of aromatic amines is 1. The zero-order chi connectivity index (χ0) is 17.4. The van der Waals surface area contributed by atoms with Gasteiger partial charge in [0, 0.05) is 71.7 Å². The molecular formula is C19H19N5S. The fourth-order valence-electron chi connectivity index (χ4n) is 2.89. The van der Waals surface area contributed by atoms with Crippen LogP contribution in [0, 0.1) is 0 Å². The highest BCUT2D eigenvalue weighted by Gasteiger charge is 2.12. The van der Waals surface area contributed by atoms with Crippen molar-refractivity contribution >= 4 is 28.5 Å². The lowest BCUT2D eigenvalue weighted by atomic mass is 10.1. The minimum absolute atomic E-state index is 0.975. The summed E-state index contributed by atoms with van der Waals surface area (Å²) in [5.74, 6) is 0. The topological polar surface area (TPSA) is 49.7 Å². The van der Waals surface area contributed by atoms with E-state index in [0.717, 1.165) is 27.1 Å². The van der Waals surface area contributed by atoms with E-state index in [1.54, 1.807) is 11.8 Å². The Labute approximate surface area is 150 Å². The molecule has 0 saturated carbocycles. The fourth-order valence-corrected chi connectivity index (χ4v) is 3.77. The fraction of sp³-hybridized carbons (Fsp3) is 0.158. The second-order valence-corrected chi connectivity index (χ2v) is 7.32. The first-order valence-electron chi connectivity index (χ1n) is 8.01. The van der Waals surface area contributed by atoms with Gasteiger partial charge in [0.2, 0.25) is 0 Å². The average molecular weight is 349 g/mol. The summed E-state index contributed by atoms with van der Waals surface area (Å²) >= 11 is 1.73. The number of hydrogen-bond donors (Lipinski definition) is 1. The quantitative estimate of drug-likeness (QED) is 0.600. The van der Waals surface area contributed by atoms with Crippen LogP contribution in [0.25, 0.3) is 22.2 Å². The minimum atomic E-state index is 0.975. The van der Waals surface area contributed by atoms with Crippen LogP contribution in [-0.2, 0) is 7.05 Å². The summed E-state index contributed by atoms with van der Waals surface area (Å²) in [6.45, 7) is 0. The van der Waals surface area contributed by atoms with Crippen molar-refractivity contribution < 1.29 is 0 Å². The molecule has 1 aromatic carbocycles. The summed E-state index contributed by atoms with van der Waals surface area (Å²) in [6.07, 6.45) is 7.79. The molecule has 0 bridgehead atoms. The third kappa shape index (κ3) is 3.00. The molecule has 4 rings (SSSR count). The first-order chi connectivity index (χ1) is 12.1. The number of nitrogens with zero attached hydrogens (tertiary/aromatic N) is 4. The van der Waals surface area contributed by atoms with Crippen LogP contribution in [0.1, 0.15) is 0 Å². The molecule has 0 amide bonds. The Balaban J connectivity index is 1.74. The first kappa shape index (κ1) is 15.8. The van der Waals surface area contributed by atoms with Gasteiger partial charge < -0.3 is 9.47 Å². The second kappa shape index (κ2) is 6.29. The summed E-state index contributed by atoms with van der Waals surface area (Å²) in [5, 5.41) is 8.09. The summed E-state index contributed by atoms with van der Waals surface area (Å²) in [4.78, 5) is 9.10. The number of nitrogens with one attached hydrogen (secondary N) is 1. The Kier molecular flexibility index (Phi) is 3.97. The first-order valence-corrected chi connectivity index (χ1v) is 8.83. The highest BCUT2D eigenvalue weighted by molar-refractivity contribution is 7.99. The second-order valence-electron chi connectivity index (χ2n) is 6.18. The highest BCUT2D eigenvalue weighted by Crippen LogP contribution is 2.34. The zero-order valence-electron chi connectivity index (χ0n) is 14.4. The number of hydrogen-bond acceptors (Lipinski definition) is 4. The smallest absolute Gasteiger partial charge is 0.140 e. The molecule has 0 spiro atoms. The number of pyridine rings is 1. The Morgan fingerprint density at radius 3 is 2.76 bits per heavy atom. The van der Waals surface area contributed by atoms with Crippen molar-refractivity contribution in [2.75, 3.05) is 19.0 Å². The number of fused-ring (bicyclic) bond motifs is 1. The molecule has 0 unspecified atom stereocenters. The van der Waals surface area contributed by atoms with E-state index in [0.29, 0.717) is 0 Å². The standard InChI is InChI=1S/C19H19N5S/c1-23(2)14-5-4-6-15(7-14)25-16-8-17-18(13-9-21-22-10-13)12-24(3)19(17)20-11-16/h4-12H,1-3H3,(H,21,22). The van der Waals surface area contributed by atoms with E-state index in [4.69, 9.17) is 0 Å². The molecule has 1 N–H and O–H groups in total. The molecule has 126 valence electrons. The molecule has 0 fully saturated rings. The maximum atomic E-state index is 4.67. The maximum absolute atomic E-state index is 4.67. The molecule has 0 aliphatic carbocycles. The number of rotatable bonds is 4. The molecule has 0 atom stereocenters. The van der Waals surface area contributed by atoms with Crippen molar-refractivity contribution in [1.29, 1.82) is 0 Å². The van der Waals surface area contributed by atoms with Gasteiger partial charge in [-0.2, -0.15) is 5.10 Å². The van der Waals surface area contributed by atoms with E-state index in [1.807, 2.05) is 25.6 Å². The number of aromatic nitrogens is 4. The van der Waals surface area contributed by atoms with Gasteiger partial charge in [-0.1, -0.05) is 17.8 Å². The van der Waals surface area contributed by atoms with E-state index in [-0.39, 0.29) is 0 Å². The Morgan fingerprint density at radius 1 is 1.12 bits per heavy atom. The molecule has 6 heteroatoms. The molecule has 0 aliphatic heterocycles. The van der Waals surface area contributed by atoms with E-state index in [1.165, 1.54) is 10.6 Å². The zero-order valence-corrected chi connectivity index (χ0v) is 15.2. The lowest BCUT2D eigenvalue weighted by molar-refractivity contribution is 0.947. The molecule has 0 aliphatic rings. The van der Waals surface area contributed by atoms with E-state index < -0.39 is 0 Å². The van der Waals surface area contributed by atoms with Gasteiger partial charge in [-0.05, 0) is 24.3 Å². The number of benzene rings is 1.